The van der Waals surface area contributed by atoms with E-state index < -0.39 is 0 Å². The maximum absolute atomic E-state index is 6.18. The van der Waals surface area contributed by atoms with Crippen molar-refractivity contribution in [3.63, 3.8) is 0 Å². The molecule has 0 radical (unpaired) electrons. The quantitative estimate of drug-likeness (QED) is 0.863. The molecule has 0 saturated heterocycles. The van der Waals surface area contributed by atoms with Gasteiger partial charge in [-0.25, -0.2) is 0 Å². The minimum absolute atomic E-state index is 0.409. The predicted octanol–water partition coefficient (Wildman–Crippen LogP) is 3.54. The molecule has 2 heteroatoms. The minimum Gasteiger partial charge on any atom is -0.490 e. The third-order valence-corrected chi connectivity index (χ3v) is 4.05. The van der Waals surface area contributed by atoms with Crippen molar-refractivity contribution in [2.45, 2.75) is 51.6 Å². The highest BCUT2D eigenvalue weighted by Crippen LogP contribution is 2.30. The van der Waals surface area contributed by atoms with Crippen LogP contribution in [0.1, 0.15) is 44.6 Å². The van der Waals surface area contributed by atoms with Crippen LogP contribution >= 0.6 is 0 Å². The molecule has 0 unspecified atom stereocenters. The zero-order chi connectivity index (χ0) is 12.8. The number of rotatable bonds is 5. The van der Waals surface area contributed by atoms with Gasteiger partial charge in [0.25, 0.3) is 0 Å². The summed E-state index contributed by atoms with van der Waals surface area (Å²) in [4.78, 5) is 0. The second-order valence-electron chi connectivity index (χ2n) is 5.32. The number of benzene rings is 1. The predicted molar refractivity (Wildman–Crippen MR) is 75.9 cm³/mol. The normalized spacial score (nSPS) is 23.9. The third kappa shape index (κ3) is 3.49. The summed E-state index contributed by atoms with van der Waals surface area (Å²) < 4.78 is 6.18. The highest BCUT2D eigenvalue weighted by Gasteiger charge is 2.21. The minimum atomic E-state index is 0.409. The fourth-order valence-corrected chi connectivity index (χ4v) is 2.82. The molecule has 2 rings (SSSR count). The summed E-state index contributed by atoms with van der Waals surface area (Å²) in [6.45, 7) is 2.98. The van der Waals surface area contributed by atoms with Crippen LogP contribution < -0.4 is 10.5 Å². The Morgan fingerprint density at radius 1 is 1.17 bits per heavy atom. The van der Waals surface area contributed by atoms with Gasteiger partial charge in [-0.2, -0.15) is 0 Å². The molecule has 100 valence electrons. The molecule has 0 heterocycles. The zero-order valence-electron chi connectivity index (χ0n) is 11.4. The van der Waals surface area contributed by atoms with Crippen LogP contribution in [-0.4, -0.2) is 12.6 Å². The molecule has 1 aromatic rings. The second-order valence-corrected chi connectivity index (χ2v) is 5.32. The van der Waals surface area contributed by atoms with Gasteiger partial charge in [0.1, 0.15) is 5.75 Å². The van der Waals surface area contributed by atoms with Crippen LogP contribution in [0, 0.1) is 5.92 Å². The molecule has 0 aromatic heterocycles. The largest absolute Gasteiger partial charge is 0.490 e. The van der Waals surface area contributed by atoms with E-state index in [0.717, 1.165) is 18.1 Å². The first-order valence-electron chi connectivity index (χ1n) is 7.28. The smallest absolute Gasteiger partial charge is 0.122 e. The van der Waals surface area contributed by atoms with Crippen LogP contribution in [0.3, 0.4) is 0 Å². The van der Waals surface area contributed by atoms with Gasteiger partial charge >= 0.3 is 0 Å². The summed E-state index contributed by atoms with van der Waals surface area (Å²) in [5, 5.41) is 0. The van der Waals surface area contributed by atoms with E-state index in [1.807, 2.05) is 6.07 Å². The van der Waals surface area contributed by atoms with Crippen LogP contribution in [-0.2, 0) is 6.42 Å². The van der Waals surface area contributed by atoms with Crippen molar-refractivity contribution >= 4 is 0 Å². The Morgan fingerprint density at radius 3 is 2.56 bits per heavy atom. The Balaban J connectivity index is 1.93. The molecule has 2 N–H and O–H groups in total. The lowest BCUT2D eigenvalue weighted by molar-refractivity contribution is 0.129. The molecule has 1 fully saturated rings. The highest BCUT2D eigenvalue weighted by atomic mass is 16.5. The molecule has 2 nitrogen and oxygen atoms in total. The van der Waals surface area contributed by atoms with E-state index in [-0.39, 0.29) is 0 Å². The van der Waals surface area contributed by atoms with E-state index in [0.29, 0.717) is 12.6 Å². The number of hydrogen-bond acceptors (Lipinski definition) is 2. The molecular weight excluding hydrogens is 222 g/mol. The van der Waals surface area contributed by atoms with E-state index in [1.165, 1.54) is 37.7 Å². The van der Waals surface area contributed by atoms with Crippen LogP contribution in [0.4, 0.5) is 0 Å². The Labute approximate surface area is 111 Å². The molecule has 0 atom stereocenters. The average molecular weight is 247 g/mol. The lowest BCUT2D eigenvalue weighted by Gasteiger charge is -2.29. The van der Waals surface area contributed by atoms with Gasteiger partial charge in [0.15, 0.2) is 0 Å². The molecule has 0 amide bonds. The van der Waals surface area contributed by atoms with Crippen molar-refractivity contribution in [3.8, 4) is 5.75 Å². The fourth-order valence-electron chi connectivity index (χ4n) is 2.82. The SMILES string of the molecule is CCC1CCC(Oc2ccccc2CCN)CC1. The summed E-state index contributed by atoms with van der Waals surface area (Å²) in [7, 11) is 0. The maximum Gasteiger partial charge on any atom is 0.122 e. The van der Waals surface area contributed by atoms with Crippen molar-refractivity contribution in [3.05, 3.63) is 29.8 Å². The van der Waals surface area contributed by atoms with E-state index in [2.05, 4.69) is 25.1 Å². The van der Waals surface area contributed by atoms with Gasteiger partial charge in [0, 0.05) is 0 Å². The van der Waals surface area contributed by atoms with Crippen molar-refractivity contribution in [1.29, 1.82) is 0 Å². The van der Waals surface area contributed by atoms with Gasteiger partial charge in [-0.15, -0.1) is 0 Å². The third-order valence-electron chi connectivity index (χ3n) is 4.05. The molecular formula is C16H25NO. The summed E-state index contributed by atoms with van der Waals surface area (Å²) >= 11 is 0. The second kappa shape index (κ2) is 6.79. The van der Waals surface area contributed by atoms with Gasteiger partial charge < -0.3 is 10.5 Å². The van der Waals surface area contributed by atoms with Crippen LogP contribution in [0.15, 0.2) is 24.3 Å². The number of hydrogen-bond donors (Lipinski definition) is 1. The number of ether oxygens (including phenoxy) is 1. The van der Waals surface area contributed by atoms with Gasteiger partial charge in [-0.3, -0.25) is 0 Å². The molecule has 1 aliphatic rings. The molecule has 0 spiro atoms. The van der Waals surface area contributed by atoms with Gasteiger partial charge in [0.2, 0.25) is 0 Å². The van der Waals surface area contributed by atoms with E-state index in [9.17, 15) is 0 Å². The topological polar surface area (TPSA) is 35.2 Å². The zero-order valence-corrected chi connectivity index (χ0v) is 11.4. The lowest BCUT2D eigenvalue weighted by Crippen LogP contribution is -2.24. The lowest BCUT2D eigenvalue weighted by atomic mass is 9.86. The van der Waals surface area contributed by atoms with Crippen molar-refractivity contribution in [2.24, 2.45) is 11.7 Å². The molecule has 1 aromatic carbocycles. The monoisotopic (exact) mass is 247 g/mol. The Morgan fingerprint density at radius 2 is 1.89 bits per heavy atom. The summed E-state index contributed by atoms with van der Waals surface area (Å²) in [6.07, 6.45) is 7.68. The number of nitrogens with two attached hydrogens (primary N) is 1. The standard InChI is InChI=1S/C16H25NO/c1-2-13-7-9-15(10-8-13)18-16-6-4-3-5-14(16)11-12-17/h3-6,13,15H,2,7-12,17H2,1H3. The summed E-state index contributed by atoms with van der Waals surface area (Å²) in [5.74, 6) is 1.96. The Bertz CT molecular complexity index is 356. The van der Waals surface area contributed by atoms with Crippen LogP contribution in [0.5, 0.6) is 5.75 Å². The van der Waals surface area contributed by atoms with Crippen molar-refractivity contribution in [1.82, 2.24) is 0 Å². The van der Waals surface area contributed by atoms with Gasteiger partial charge in [-0.1, -0.05) is 31.5 Å². The summed E-state index contributed by atoms with van der Waals surface area (Å²) in [6, 6.07) is 8.32. The molecule has 1 saturated carbocycles. The Kier molecular flexibility index (Phi) is 5.06. The van der Waals surface area contributed by atoms with Crippen molar-refractivity contribution in [2.75, 3.05) is 6.54 Å². The average Bonchev–Trinajstić information content (AvgIpc) is 2.42. The summed E-state index contributed by atoms with van der Waals surface area (Å²) in [5.41, 5.74) is 6.89. The van der Waals surface area contributed by atoms with Gasteiger partial charge in [0.05, 0.1) is 6.10 Å². The highest BCUT2D eigenvalue weighted by molar-refractivity contribution is 5.33. The molecule has 0 aliphatic heterocycles. The fraction of sp³-hybridized carbons (Fsp3) is 0.625. The first kappa shape index (κ1) is 13.4. The maximum atomic E-state index is 6.18. The van der Waals surface area contributed by atoms with E-state index in [1.54, 1.807) is 0 Å². The van der Waals surface area contributed by atoms with Crippen LogP contribution in [0.25, 0.3) is 0 Å². The molecule has 1 aliphatic carbocycles. The number of para-hydroxylation sites is 1. The van der Waals surface area contributed by atoms with Crippen molar-refractivity contribution < 1.29 is 4.74 Å². The van der Waals surface area contributed by atoms with Crippen LogP contribution in [0.2, 0.25) is 0 Å². The van der Waals surface area contributed by atoms with Gasteiger partial charge in [-0.05, 0) is 56.2 Å². The first-order valence-corrected chi connectivity index (χ1v) is 7.28. The van der Waals surface area contributed by atoms with E-state index >= 15 is 0 Å². The first-order chi connectivity index (χ1) is 8.83. The Hall–Kier alpha value is -1.02. The molecule has 0 bridgehead atoms. The molecule has 18 heavy (non-hydrogen) atoms. The van der Waals surface area contributed by atoms with E-state index in [4.69, 9.17) is 10.5 Å².